The second-order valence-corrected chi connectivity index (χ2v) is 11.5. The highest BCUT2D eigenvalue weighted by atomic mass is 16.5. The number of anilines is 1. The topological polar surface area (TPSA) is 96.3 Å². The third kappa shape index (κ3) is 5.90. The van der Waals surface area contributed by atoms with Crippen molar-refractivity contribution in [3.8, 4) is 11.5 Å². The van der Waals surface area contributed by atoms with E-state index in [-0.39, 0.29) is 36.4 Å². The Morgan fingerprint density at radius 3 is 2.40 bits per heavy atom. The standard InChI is InChI=1S/C35H36BNO6/c1-2-23(19-24-11-9-10-16-30(24)38)17-18-31-32-25(22-42-27-14-7-4-8-15-27)20-28-33(29(32)21-36(41)43-31)35(40)37(34(28)39)26-12-5-3-6-13-26/h3-16,19,28-29,31,33,38,41H,2,17-18,20-22H2,1H3/b23-19+/t28-,29+,31-,33-/m1/s1. The lowest BCUT2D eigenvalue weighted by Crippen LogP contribution is -2.46. The molecule has 6 rings (SSSR count). The van der Waals surface area contributed by atoms with E-state index < -0.39 is 25.1 Å². The number of allylic oxidation sites excluding steroid dienone is 1. The third-order valence-corrected chi connectivity index (χ3v) is 8.96. The zero-order valence-corrected chi connectivity index (χ0v) is 24.3. The molecule has 3 aromatic rings. The zero-order valence-electron chi connectivity index (χ0n) is 24.3. The van der Waals surface area contributed by atoms with Crippen molar-refractivity contribution in [1.29, 1.82) is 0 Å². The molecule has 2 amide bonds. The Morgan fingerprint density at radius 1 is 0.977 bits per heavy atom. The summed E-state index contributed by atoms with van der Waals surface area (Å²) in [5, 5.41) is 21.2. The molecule has 0 saturated carbocycles. The van der Waals surface area contributed by atoms with Crippen molar-refractivity contribution in [1.82, 2.24) is 0 Å². The number of phenolic OH excluding ortho intramolecular Hbond substituents is 1. The molecule has 4 atom stereocenters. The van der Waals surface area contributed by atoms with Gasteiger partial charge in [0.2, 0.25) is 11.8 Å². The first-order chi connectivity index (χ1) is 20.9. The Kier molecular flexibility index (Phi) is 8.50. The minimum Gasteiger partial charge on any atom is -0.507 e. The van der Waals surface area contributed by atoms with Gasteiger partial charge in [0.05, 0.1) is 23.6 Å². The minimum absolute atomic E-state index is 0.200. The van der Waals surface area contributed by atoms with Crippen molar-refractivity contribution in [2.75, 3.05) is 11.5 Å². The average molecular weight is 577 g/mol. The monoisotopic (exact) mass is 577 g/mol. The Labute approximate surface area is 252 Å². The number of imide groups is 1. The van der Waals surface area contributed by atoms with Gasteiger partial charge >= 0.3 is 7.12 Å². The van der Waals surface area contributed by atoms with Gasteiger partial charge in [-0.05, 0) is 79.4 Å². The lowest BCUT2D eigenvalue weighted by atomic mass is 9.58. The van der Waals surface area contributed by atoms with Gasteiger partial charge in [0, 0.05) is 5.56 Å². The molecule has 8 heteroatoms. The second-order valence-electron chi connectivity index (χ2n) is 11.5. The molecule has 0 spiro atoms. The lowest BCUT2D eigenvalue weighted by Gasteiger charge is -2.43. The summed E-state index contributed by atoms with van der Waals surface area (Å²) in [6, 6.07) is 25.9. The molecule has 2 aliphatic heterocycles. The fraction of sp³-hybridized carbons (Fsp3) is 0.314. The number of carbonyl (C=O) groups is 2. The van der Waals surface area contributed by atoms with Crippen LogP contribution in [0.4, 0.5) is 5.69 Å². The number of para-hydroxylation sites is 3. The second kappa shape index (κ2) is 12.6. The summed E-state index contributed by atoms with van der Waals surface area (Å²) in [7, 11) is -1.05. The van der Waals surface area contributed by atoms with Gasteiger partial charge in [-0.3, -0.25) is 14.5 Å². The average Bonchev–Trinajstić information content (AvgIpc) is 3.28. The normalized spacial score (nSPS) is 23.8. The van der Waals surface area contributed by atoms with E-state index in [1.165, 1.54) is 4.90 Å². The molecule has 3 aliphatic rings. The number of hydrogen-bond acceptors (Lipinski definition) is 6. The van der Waals surface area contributed by atoms with Crippen LogP contribution in [0.25, 0.3) is 6.08 Å². The maximum absolute atomic E-state index is 13.9. The van der Waals surface area contributed by atoms with Gasteiger partial charge in [0.25, 0.3) is 0 Å². The maximum Gasteiger partial charge on any atom is 0.455 e. The SMILES string of the molecule is CC/C(=C\c1ccccc1O)CC[C@H]1OB(O)C[C@H]2C1=C(COc1ccccc1)C[C@H]1C(=O)N(c3ccccc3)C(=O)[C@H]12. The van der Waals surface area contributed by atoms with Crippen LogP contribution in [-0.2, 0) is 14.2 Å². The van der Waals surface area contributed by atoms with Crippen molar-refractivity contribution in [2.45, 2.75) is 45.0 Å². The summed E-state index contributed by atoms with van der Waals surface area (Å²) < 4.78 is 12.4. The van der Waals surface area contributed by atoms with Gasteiger partial charge in [-0.1, -0.05) is 73.2 Å². The van der Waals surface area contributed by atoms with Gasteiger partial charge in [-0.15, -0.1) is 0 Å². The number of rotatable bonds is 9. The van der Waals surface area contributed by atoms with Gasteiger partial charge in [0.15, 0.2) is 0 Å². The summed E-state index contributed by atoms with van der Waals surface area (Å²) in [4.78, 5) is 29.1. The Morgan fingerprint density at radius 2 is 1.67 bits per heavy atom. The van der Waals surface area contributed by atoms with Crippen LogP contribution < -0.4 is 9.64 Å². The fourth-order valence-corrected chi connectivity index (χ4v) is 6.91. The number of nitrogens with zero attached hydrogens (tertiary/aromatic N) is 1. The maximum atomic E-state index is 13.9. The summed E-state index contributed by atoms with van der Waals surface area (Å²) in [5.41, 5.74) is 4.42. The van der Waals surface area contributed by atoms with Gasteiger partial charge in [0.1, 0.15) is 18.1 Å². The number of carbonyl (C=O) groups excluding carboxylic acids is 2. The number of amides is 2. The zero-order chi connectivity index (χ0) is 29.9. The van der Waals surface area contributed by atoms with Crippen LogP contribution in [0.5, 0.6) is 11.5 Å². The molecule has 0 radical (unpaired) electrons. The van der Waals surface area contributed by atoms with Crippen LogP contribution in [0.3, 0.4) is 0 Å². The summed E-state index contributed by atoms with van der Waals surface area (Å²) in [5.74, 6) is -0.880. The number of aromatic hydroxyl groups is 1. The van der Waals surface area contributed by atoms with Gasteiger partial charge in [-0.25, -0.2) is 0 Å². The Hall–Kier alpha value is -4.14. The molecule has 2 saturated heterocycles. The van der Waals surface area contributed by atoms with Crippen molar-refractivity contribution >= 4 is 30.7 Å². The molecular formula is C35H36BNO6. The van der Waals surface area contributed by atoms with E-state index in [0.717, 1.165) is 34.5 Å². The first-order valence-electron chi connectivity index (χ1n) is 15.1. The minimum atomic E-state index is -1.05. The molecule has 3 aromatic carbocycles. The van der Waals surface area contributed by atoms with E-state index in [4.69, 9.17) is 9.39 Å². The lowest BCUT2D eigenvalue weighted by molar-refractivity contribution is -0.122. The van der Waals surface area contributed by atoms with E-state index in [1.807, 2.05) is 66.7 Å². The molecule has 2 fully saturated rings. The van der Waals surface area contributed by atoms with Crippen molar-refractivity contribution < 1.29 is 29.1 Å². The summed E-state index contributed by atoms with van der Waals surface area (Å²) in [6.45, 7) is 2.35. The highest BCUT2D eigenvalue weighted by Gasteiger charge is 2.57. The fourth-order valence-electron chi connectivity index (χ4n) is 6.91. The molecule has 0 unspecified atom stereocenters. The molecular weight excluding hydrogens is 541 g/mol. The highest BCUT2D eigenvalue weighted by molar-refractivity contribution is 6.43. The van der Waals surface area contributed by atoms with E-state index in [2.05, 4.69) is 6.92 Å². The molecule has 1 aliphatic carbocycles. The van der Waals surface area contributed by atoms with Crippen LogP contribution in [0, 0.1) is 17.8 Å². The first kappa shape index (κ1) is 29.0. The quantitative estimate of drug-likeness (QED) is 0.183. The first-order valence-corrected chi connectivity index (χ1v) is 15.1. The molecule has 0 aromatic heterocycles. The molecule has 2 N–H and O–H groups in total. The molecule has 43 heavy (non-hydrogen) atoms. The molecule has 220 valence electrons. The molecule has 2 heterocycles. The highest BCUT2D eigenvalue weighted by Crippen LogP contribution is 2.51. The Bertz CT molecular complexity index is 1540. The van der Waals surface area contributed by atoms with E-state index >= 15 is 0 Å². The number of fused-ring (bicyclic) bond motifs is 3. The van der Waals surface area contributed by atoms with E-state index in [0.29, 0.717) is 24.9 Å². The van der Waals surface area contributed by atoms with Crippen LogP contribution in [-0.4, -0.2) is 41.8 Å². The number of hydrogen-bond donors (Lipinski definition) is 2. The van der Waals surface area contributed by atoms with Crippen LogP contribution in [0.1, 0.15) is 38.2 Å². The predicted octanol–water partition coefficient (Wildman–Crippen LogP) is 6.05. The van der Waals surface area contributed by atoms with Crippen molar-refractivity contribution in [3.05, 3.63) is 107 Å². The molecule has 7 nitrogen and oxygen atoms in total. The van der Waals surface area contributed by atoms with Crippen molar-refractivity contribution in [2.24, 2.45) is 17.8 Å². The molecule has 0 bridgehead atoms. The van der Waals surface area contributed by atoms with Gasteiger partial charge in [-0.2, -0.15) is 0 Å². The van der Waals surface area contributed by atoms with Crippen LogP contribution in [0.2, 0.25) is 6.32 Å². The smallest absolute Gasteiger partial charge is 0.455 e. The van der Waals surface area contributed by atoms with Crippen molar-refractivity contribution in [3.63, 3.8) is 0 Å². The summed E-state index contributed by atoms with van der Waals surface area (Å²) in [6.07, 6.45) is 4.29. The largest absolute Gasteiger partial charge is 0.507 e. The third-order valence-electron chi connectivity index (χ3n) is 8.96. The van der Waals surface area contributed by atoms with E-state index in [1.54, 1.807) is 24.3 Å². The Balaban J connectivity index is 1.33. The van der Waals surface area contributed by atoms with Crippen LogP contribution >= 0.6 is 0 Å². The predicted molar refractivity (Wildman–Crippen MR) is 166 cm³/mol. The number of benzene rings is 3. The number of ether oxygens (including phenoxy) is 1. The summed E-state index contributed by atoms with van der Waals surface area (Å²) >= 11 is 0. The van der Waals surface area contributed by atoms with Gasteiger partial charge < -0.3 is 19.5 Å². The van der Waals surface area contributed by atoms with Crippen LogP contribution in [0.15, 0.2) is 102 Å². The number of phenols is 1. The van der Waals surface area contributed by atoms with E-state index in [9.17, 15) is 19.7 Å².